The van der Waals surface area contributed by atoms with Crippen molar-refractivity contribution in [2.45, 2.75) is 25.3 Å². The highest BCUT2D eigenvalue weighted by Gasteiger charge is 2.42. The van der Waals surface area contributed by atoms with E-state index in [0.717, 1.165) is 5.56 Å². The van der Waals surface area contributed by atoms with E-state index in [2.05, 4.69) is 5.32 Å². The van der Waals surface area contributed by atoms with Crippen LogP contribution in [0, 0.1) is 11.7 Å². The Kier molecular flexibility index (Phi) is 5.61. The normalized spacial score (nSPS) is 19.6. The van der Waals surface area contributed by atoms with Crippen LogP contribution in [0.2, 0.25) is 0 Å². The number of nitrogens with one attached hydrogen (secondary N) is 1. The van der Waals surface area contributed by atoms with Crippen LogP contribution >= 0.6 is 11.8 Å². The van der Waals surface area contributed by atoms with Crippen LogP contribution in [0.5, 0.6) is 0 Å². The van der Waals surface area contributed by atoms with Gasteiger partial charge in [-0.05, 0) is 29.8 Å². The Morgan fingerprint density at radius 2 is 1.77 bits per heavy atom. The van der Waals surface area contributed by atoms with Crippen LogP contribution in [-0.2, 0) is 9.59 Å². The molecule has 2 aromatic rings. The summed E-state index contributed by atoms with van der Waals surface area (Å²) >= 11 is 1.58. The summed E-state index contributed by atoms with van der Waals surface area (Å²) in [5.41, 5.74) is 1.52. The van der Waals surface area contributed by atoms with E-state index in [4.69, 9.17) is 0 Å². The minimum absolute atomic E-state index is 0.0527. The highest BCUT2D eigenvalue weighted by molar-refractivity contribution is 7.99. The second kappa shape index (κ2) is 7.91. The van der Waals surface area contributed by atoms with Gasteiger partial charge < -0.3 is 10.2 Å². The first-order valence-electron chi connectivity index (χ1n) is 8.52. The Bertz CT molecular complexity index is 780. The lowest BCUT2D eigenvalue weighted by atomic mass is 10.1. The highest BCUT2D eigenvalue weighted by Crippen LogP contribution is 2.42. The van der Waals surface area contributed by atoms with E-state index in [1.807, 2.05) is 44.2 Å². The summed E-state index contributed by atoms with van der Waals surface area (Å²) < 4.78 is 13.1. The predicted molar refractivity (Wildman–Crippen MR) is 102 cm³/mol. The first-order chi connectivity index (χ1) is 12.5. The van der Waals surface area contributed by atoms with Gasteiger partial charge in [0.15, 0.2) is 0 Å². The topological polar surface area (TPSA) is 49.4 Å². The summed E-state index contributed by atoms with van der Waals surface area (Å²) in [7, 11) is 0. The lowest BCUT2D eigenvalue weighted by Gasteiger charge is -2.30. The maximum atomic E-state index is 13.1. The first kappa shape index (κ1) is 18.5. The molecule has 136 valence electrons. The molecule has 3 rings (SSSR count). The lowest BCUT2D eigenvalue weighted by Crippen LogP contribution is -2.46. The molecule has 2 atom stereocenters. The molecule has 1 heterocycles. The highest BCUT2D eigenvalue weighted by atomic mass is 32.2. The van der Waals surface area contributed by atoms with Gasteiger partial charge in [-0.25, -0.2) is 4.39 Å². The van der Waals surface area contributed by atoms with E-state index in [1.165, 1.54) is 24.3 Å². The molecule has 2 aromatic carbocycles. The van der Waals surface area contributed by atoms with Crippen LogP contribution in [0.3, 0.4) is 0 Å². The van der Waals surface area contributed by atoms with Gasteiger partial charge in [0.2, 0.25) is 11.8 Å². The van der Waals surface area contributed by atoms with Crippen molar-refractivity contribution in [3.8, 4) is 0 Å². The lowest BCUT2D eigenvalue weighted by molar-refractivity contribution is -0.140. The van der Waals surface area contributed by atoms with E-state index < -0.39 is 6.04 Å². The molecule has 6 heteroatoms. The van der Waals surface area contributed by atoms with Crippen LogP contribution in [0.1, 0.15) is 24.8 Å². The minimum Gasteiger partial charge on any atom is -0.324 e. The average molecular weight is 372 g/mol. The van der Waals surface area contributed by atoms with Gasteiger partial charge in [0.25, 0.3) is 0 Å². The van der Waals surface area contributed by atoms with Crippen molar-refractivity contribution in [3.05, 3.63) is 66.0 Å². The SMILES string of the molecule is CC(C)C(=O)N1[C@@H](C(=O)Nc2ccc(F)cc2)CS[C@H]1c1ccccc1. The Hall–Kier alpha value is -2.34. The minimum atomic E-state index is -0.565. The molecule has 0 unspecified atom stereocenters. The second-order valence-electron chi connectivity index (χ2n) is 6.51. The van der Waals surface area contributed by atoms with Gasteiger partial charge in [0, 0.05) is 17.4 Å². The molecule has 1 fully saturated rings. The second-order valence-corrected chi connectivity index (χ2v) is 7.62. The van der Waals surface area contributed by atoms with Crippen LogP contribution in [0.4, 0.5) is 10.1 Å². The largest absolute Gasteiger partial charge is 0.324 e. The van der Waals surface area contributed by atoms with Gasteiger partial charge in [-0.1, -0.05) is 44.2 Å². The number of nitrogens with zero attached hydrogens (tertiary/aromatic N) is 1. The summed E-state index contributed by atoms with van der Waals surface area (Å²) in [6.45, 7) is 3.67. The summed E-state index contributed by atoms with van der Waals surface area (Å²) in [6.07, 6.45) is 0. The van der Waals surface area contributed by atoms with Crippen LogP contribution < -0.4 is 5.32 Å². The maximum absolute atomic E-state index is 13.1. The summed E-state index contributed by atoms with van der Waals surface area (Å²) in [6, 6.07) is 14.8. The summed E-state index contributed by atoms with van der Waals surface area (Å²) in [4.78, 5) is 27.3. The van der Waals surface area contributed by atoms with Gasteiger partial charge in [0.1, 0.15) is 17.2 Å². The number of hydrogen-bond donors (Lipinski definition) is 1. The zero-order valence-corrected chi connectivity index (χ0v) is 15.5. The molecule has 0 spiro atoms. The Morgan fingerprint density at radius 1 is 1.12 bits per heavy atom. The predicted octanol–water partition coefficient (Wildman–Crippen LogP) is 4.06. The van der Waals surface area contributed by atoms with Crippen molar-refractivity contribution in [3.63, 3.8) is 0 Å². The molecular formula is C20H21FN2O2S. The van der Waals surface area contributed by atoms with Gasteiger partial charge in [-0.15, -0.1) is 11.8 Å². The monoisotopic (exact) mass is 372 g/mol. The third kappa shape index (κ3) is 3.90. The van der Waals surface area contributed by atoms with Crippen LogP contribution in [0.25, 0.3) is 0 Å². The molecule has 1 saturated heterocycles. The molecule has 26 heavy (non-hydrogen) atoms. The number of thioether (sulfide) groups is 1. The molecule has 1 aliphatic heterocycles. The van der Waals surface area contributed by atoms with Crippen molar-refractivity contribution in [1.82, 2.24) is 4.90 Å². The summed E-state index contributed by atoms with van der Waals surface area (Å²) in [5, 5.41) is 2.61. The number of amides is 2. The molecule has 1 aliphatic rings. The zero-order chi connectivity index (χ0) is 18.7. The Balaban J connectivity index is 1.84. The number of carbonyl (C=O) groups is 2. The smallest absolute Gasteiger partial charge is 0.248 e. The summed E-state index contributed by atoms with van der Waals surface area (Å²) in [5.74, 6) is -0.355. The molecule has 1 N–H and O–H groups in total. The first-order valence-corrected chi connectivity index (χ1v) is 9.57. The number of carbonyl (C=O) groups excluding carboxylic acids is 2. The van der Waals surface area contributed by atoms with Gasteiger partial charge in [0.05, 0.1) is 0 Å². The van der Waals surface area contributed by atoms with E-state index in [9.17, 15) is 14.0 Å². The average Bonchev–Trinajstić information content (AvgIpc) is 3.08. The molecule has 0 aromatic heterocycles. The van der Waals surface area contributed by atoms with Gasteiger partial charge >= 0.3 is 0 Å². The van der Waals surface area contributed by atoms with E-state index in [1.54, 1.807) is 16.7 Å². The molecular weight excluding hydrogens is 351 g/mol. The zero-order valence-electron chi connectivity index (χ0n) is 14.7. The maximum Gasteiger partial charge on any atom is 0.248 e. The number of halogens is 1. The number of anilines is 1. The number of hydrogen-bond acceptors (Lipinski definition) is 3. The number of rotatable bonds is 4. The van der Waals surface area contributed by atoms with E-state index in [-0.39, 0.29) is 28.9 Å². The molecule has 0 aliphatic carbocycles. The molecule has 2 amide bonds. The number of benzene rings is 2. The van der Waals surface area contributed by atoms with Gasteiger partial charge in [-0.3, -0.25) is 9.59 Å². The fourth-order valence-electron chi connectivity index (χ4n) is 2.91. The van der Waals surface area contributed by atoms with Crippen LogP contribution in [0.15, 0.2) is 54.6 Å². The molecule has 0 saturated carbocycles. The van der Waals surface area contributed by atoms with Crippen molar-refractivity contribution in [2.75, 3.05) is 11.1 Å². The Labute approximate surface area is 156 Å². The fourth-order valence-corrected chi connectivity index (χ4v) is 4.35. The standard InChI is InChI=1S/C20H21FN2O2S/c1-13(2)19(25)23-17(12-26-20(23)14-6-4-3-5-7-14)18(24)22-16-10-8-15(21)9-11-16/h3-11,13,17,20H,12H2,1-2H3,(H,22,24)/t17-,20+/m1/s1. The van der Waals surface area contributed by atoms with Crippen molar-refractivity contribution < 1.29 is 14.0 Å². The fraction of sp³-hybridized carbons (Fsp3) is 0.300. The quantitative estimate of drug-likeness (QED) is 0.880. The third-order valence-electron chi connectivity index (χ3n) is 4.25. The van der Waals surface area contributed by atoms with Gasteiger partial charge in [-0.2, -0.15) is 0 Å². The van der Waals surface area contributed by atoms with Crippen LogP contribution in [-0.4, -0.2) is 28.5 Å². The van der Waals surface area contributed by atoms with E-state index >= 15 is 0 Å². The molecule has 4 nitrogen and oxygen atoms in total. The third-order valence-corrected chi connectivity index (χ3v) is 5.57. The van der Waals surface area contributed by atoms with E-state index in [0.29, 0.717) is 11.4 Å². The van der Waals surface area contributed by atoms with Crippen molar-refractivity contribution >= 4 is 29.3 Å². The Morgan fingerprint density at radius 3 is 2.38 bits per heavy atom. The molecule has 0 radical (unpaired) electrons. The molecule has 0 bridgehead atoms. The van der Waals surface area contributed by atoms with Crippen molar-refractivity contribution in [2.24, 2.45) is 5.92 Å². The van der Waals surface area contributed by atoms with Crippen molar-refractivity contribution in [1.29, 1.82) is 0 Å².